The molecule has 0 saturated carbocycles. The maximum Gasteiger partial charge on any atom is 0.103 e. The predicted octanol–water partition coefficient (Wildman–Crippen LogP) is 3.20. The molecule has 15 heavy (non-hydrogen) atoms. The van der Waals surface area contributed by atoms with Crippen LogP contribution in [0.15, 0.2) is 21.6 Å². The van der Waals surface area contributed by atoms with E-state index in [2.05, 4.69) is 20.9 Å². The summed E-state index contributed by atoms with van der Waals surface area (Å²) >= 11 is 9.21. The Morgan fingerprint density at radius 3 is 2.73 bits per heavy atom. The lowest BCUT2D eigenvalue weighted by molar-refractivity contribution is 0.643. The number of hydrogen-bond acceptors (Lipinski definition) is 2. The fourth-order valence-corrected chi connectivity index (χ4v) is 1.78. The molecule has 0 radical (unpaired) electrons. The molecule has 3 nitrogen and oxygen atoms in total. The summed E-state index contributed by atoms with van der Waals surface area (Å²) in [5.74, 6) is 0. The number of benzene rings is 1. The zero-order valence-corrected chi connectivity index (χ0v) is 10.7. The molecule has 0 atom stereocenters. The van der Waals surface area contributed by atoms with E-state index < -0.39 is 0 Å². The van der Waals surface area contributed by atoms with Crippen LogP contribution in [0.1, 0.15) is 5.56 Å². The Morgan fingerprint density at radius 2 is 2.20 bits per heavy atom. The molecule has 78 valence electrons. The maximum atomic E-state index is 8.92. The van der Waals surface area contributed by atoms with Gasteiger partial charge in [-0.3, -0.25) is 0 Å². The van der Waals surface area contributed by atoms with Gasteiger partial charge in [0.1, 0.15) is 6.07 Å². The molecule has 0 amide bonds. The van der Waals surface area contributed by atoms with E-state index in [0.29, 0.717) is 16.3 Å². The van der Waals surface area contributed by atoms with Gasteiger partial charge in [0, 0.05) is 18.6 Å². The highest BCUT2D eigenvalue weighted by molar-refractivity contribution is 9.10. The Labute approximate surface area is 102 Å². The SMILES string of the molecule is CN(C)/C=N/c1cc(Br)cc(Cl)c1C#N. The number of hydrogen-bond donors (Lipinski definition) is 0. The van der Waals surface area contributed by atoms with Crippen LogP contribution in [-0.4, -0.2) is 25.3 Å². The number of halogens is 2. The number of nitrogens with zero attached hydrogens (tertiary/aromatic N) is 3. The van der Waals surface area contributed by atoms with Gasteiger partial charge in [-0.2, -0.15) is 5.26 Å². The van der Waals surface area contributed by atoms with E-state index >= 15 is 0 Å². The van der Waals surface area contributed by atoms with Crippen molar-refractivity contribution in [1.82, 2.24) is 4.90 Å². The van der Waals surface area contributed by atoms with Crippen molar-refractivity contribution in [1.29, 1.82) is 5.26 Å². The van der Waals surface area contributed by atoms with Gasteiger partial charge in [-0.15, -0.1) is 0 Å². The Hall–Kier alpha value is -1.05. The smallest absolute Gasteiger partial charge is 0.103 e. The largest absolute Gasteiger partial charge is 0.369 e. The van der Waals surface area contributed by atoms with Crippen molar-refractivity contribution in [2.24, 2.45) is 4.99 Å². The number of rotatable bonds is 2. The van der Waals surface area contributed by atoms with Crippen molar-refractivity contribution in [3.05, 3.63) is 27.2 Å². The molecule has 0 aliphatic carbocycles. The van der Waals surface area contributed by atoms with Crippen molar-refractivity contribution < 1.29 is 0 Å². The van der Waals surface area contributed by atoms with Gasteiger partial charge in [-0.05, 0) is 12.1 Å². The summed E-state index contributed by atoms with van der Waals surface area (Å²) in [5.41, 5.74) is 0.948. The Balaban J connectivity index is 3.22. The fraction of sp³-hybridized carbons (Fsp3) is 0.200. The van der Waals surface area contributed by atoms with Crippen LogP contribution in [0, 0.1) is 11.3 Å². The summed E-state index contributed by atoms with van der Waals surface area (Å²) in [4.78, 5) is 5.95. The van der Waals surface area contributed by atoms with Gasteiger partial charge < -0.3 is 4.90 Å². The van der Waals surface area contributed by atoms with Crippen molar-refractivity contribution in [3.63, 3.8) is 0 Å². The first-order valence-corrected chi connectivity index (χ1v) is 5.31. The Kier molecular flexibility index (Phi) is 4.13. The molecule has 0 fully saturated rings. The molecule has 5 heteroatoms. The molecule has 1 rings (SSSR count). The van der Waals surface area contributed by atoms with Crippen LogP contribution in [0.5, 0.6) is 0 Å². The van der Waals surface area contributed by atoms with Crippen LogP contribution >= 0.6 is 27.5 Å². The van der Waals surface area contributed by atoms with Gasteiger partial charge in [-0.1, -0.05) is 27.5 Å². The molecule has 0 heterocycles. The van der Waals surface area contributed by atoms with Gasteiger partial charge >= 0.3 is 0 Å². The maximum absolute atomic E-state index is 8.92. The molecule has 1 aromatic rings. The summed E-state index contributed by atoms with van der Waals surface area (Å²) in [6, 6.07) is 5.46. The van der Waals surface area contributed by atoms with Crippen LogP contribution in [0.4, 0.5) is 5.69 Å². The molecule has 0 N–H and O–H groups in total. The molecule has 1 aromatic carbocycles. The van der Waals surface area contributed by atoms with Crippen molar-refractivity contribution in [2.45, 2.75) is 0 Å². The van der Waals surface area contributed by atoms with E-state index in [4.69, 9.17) is 16.9 Å². The van der Waals surface area contributed by atoms with Gasteiger partial charge in [0.05, 0.1) is 22.6 Å². The molecular formula is C10H9BrClN3. The van der Waals surface area contributed by atoms with E-state index in [0.717, 1.165) is 4.47 Å². The second kappa shape index (κ2) is 5.15. The minimum absolute atomic E-state index is 0.387. The monoisotopic (exact) mass is 285 g/mol. The molecule has 0 aromatic heterocycles. The highest BCUT2D eigenvalue weighted by Gasteiger charge is 2.07. The minimum Gasteiger partial charge on any atom is -0.369 e. The molecule has 0 bridgehead atoms. The topological polar surface area (TPSA) is 39.4 Å². The van der Waals surface area contributed by atoms with Gasteiger partial charge in [-0.25, -0.2) is 4.99 Å². The first-order valence-electron chi connectivity index (χ1n) is 4.14. The first-order chi connectivity index (χ1) is 7.04. The summed E-state index contributed by atoms with van der Waals surface area (Å²) in [6.07, 6.45) is 1.62. The minimum atomic E-state index is 0.387. The van der Waals surface area contributed by atoms with Gasteiger partial charge in [0.15, 0.2) is 0 Å². The van der Waals surface area contributed by atoms with E-state index in [-0.39, 0.29) is 0 Å². The van der Waals surface area contributed by atoms with Crippen molar-refractivity contribution in [3.8, 4) is 6.07 Å². The van der Waals surface area contributed by atoms with E-state index in [1.807, 2.05) is 20.2 Å². The average molecular weight is 287 g/mol. The first kappa shape index (κ1) is 12.0. The van der Waals surface area contributed by atoms with Crippen LogP contribution in [-0.2, 0) is 0 Å². The lowest BCUT2D eigenvalue weighted by atomic mass is 10.2. The number of aliphatic imine (C=N–C) groups is 1. The third-order valence-electron chi connectivity index (χ3n) is 1.57. The summed E-state index contributed by atoms with van der Waals surface area (Å²) in [6.45, 7) is 0. The highest BCUT2D eigenvalue weighted by atomic mass is 79.9. The van der Waals surface area contributed by atoms with Crippen molar-refractivity contribution >= 4 is 39.6 Å². The molecular weight excluding hydrogens is 277 g/mol. The Bertz CT molecular complexity index is 435. The molecule has 0 aliphatic heterocycles. The highest BCUT2D eigenvalue weighted by Crippen LogP contribution is 2.30. The van der Waals surface area contributed by atoms with Crippen LogP contribution in [0.2, 0.25) is 5.02 Å². The van der Waals surface area contributed by atoms with E-state index in [9.17, 15) is 0 Å². The third kappa shape index (κ3) is 3.22. The van der Waals surface area contributed by atoms with Crippen LogP contribution < -0.4 is 0 Å². The van der Waals surface area contributed by atoms with E-state index in [1.165, 1.54) is 0 Å². The summed E-state index contributed by atoms with van der Waals surface area (Å²) < 4.78 is 0.803. The second-order valence-electron chi connectivity index (χ2n) is 3.10. The lowest BCUT2D eigenvalue weighted by Gasteiger charge is -2.05. The quantitative estimate of drug-likeness (QED) is 0.619. The zero-order chi connectivity index (χ0) is 11.4. The number of nitriles is 1. The normalized spacial score (nSPS) is 10.3. The molecule has 0 aliphatic rings. The standard InChI is InChI=1S/C10H9BrClN3/c1-15(2)6-14-10-4-7(11)3-9(12)8(10)5-13/h3-4,6H,1-2H3/b14-6+. The summed E-state index contributed by atoms with van der Waals surface area (Å²) in [7, 11) is 3.71. The fourth-order valence-electron chi connectivity index (χ4n) is 0.950. The van der Waals surface area contributed by atoms with E-state index in [1.54, 1.807) is 23.4 Å². The molecule has 0 spiro atoms. The lowest BCUT2D eigenvalue weighted by Crippen LogP contribution is -2.07. The second-order valence-corrected chi connectivity index (χ2v) is 4.42. The Morgan fingerprint density at radius 1 is 1.53 bits per heavy atom. The predicted molar refractivity (Wildman–Crippen MR) is 65.7 cm³/mol. The van der Waals surface area contributed by atoms with Crippen LogP contribution in [0.3, 0.4) is 0 Å². The van der Waals surface area contributed by atoms with Gasteiger partial charge in [0.2, 0.25) is 0 Å². The molecule has 0 unspecified atom stereocenters. The molecule has 0 saturated heterocycles. The van der Waals surface area contributed by atoms with Crippen molar-refractivity contribution in [2.75, 3.05) is 14.1 Å². The third-order valence-corrected chi connectivity index (χ3v) is 2.33. The van der Waals surface area contributed by atoms with Gasteiger partial charge in [0.25, 0.3) is 0 Å². The summed E-state index contributed by atoms with van der Waals surface area (Å²) in [5, 5.41) is 9.32. The zero-order valence-electron chi connectivity index (χ0n) is 8.33. The van der Waals surface area contributed by atoms with Crippen LogP contribution in [0.25, 0.3) is 0 Å². The average Bonchev–Trinajstić information content (AvgIpc) is 2.13.